The van der Waals surface area contributed by atoms with E-state index in [2.05, 4.69) is 27.7 Å². The van der Waals surface area contributed by atoms with Crippen LogP contribution in [0.15, 0.2) is 11.1 Å². The molecule has 1 N–H and O–H groups in total. The van der Waals surface area contributed by atoms with E-state index in [0.29, 0.717) is 25.0 Å². The Morgan fingerprint density at radius 1 is 1.06 bits per heavy atom. The minimum absolute atomic E-state index is 0.0107. The highest BCUT2D eigenvalue weighted by Crippen LogP contribution is 2.73. The number of aliphatic hydroxyl groups excluding tert-OH is 1. The van der Waals surface area contributed by atoms with Gasteiger partial charge in [-0.1, -0.05) is 34.1 Å². The van der Waals surface area contributed by atoms with Crippen LogP contribution in [-0.4, -0.2) is 36.4 Å². The second-order valence-electron chi connectivity index (χ2n) is 12.6. The zero-order valence-corrected chi connectivity index (χ0v) is 20.5. The van der Waals surface area contributed by atoms with Gasteiger partial charge in [0.05, 0.1) is 12.7 Å². The number of hydrogen-bond donors (Lipinski definition) is 1. The van der Waals surface area contributed by atoms with E-state index in [1.807, 2.05) is 0 Å². The molecule has 3 saturated carbocycles. The van der Waals surface area contributed by atoms with Crippen molar-refractivity contribution in [2.45, 2.75) is 92.1 Å². The third-order valence-corrected chi connectivity index (χ3v) is 11.1. The van der Waals surface area contributed by atoms with Crippen LogP contribution >= 0.6 is 0 Å². The molecule has 8 atom stereocenters. The number of carbonyl (C=O) groups excluding carboxylic acids is 2. The highest BCUT2D eigenvalue weighted by Gasteiger charge is 2.69. The lowest BCUT2D eigenvalue weighted by Crippen LogP contribution is -2.66. The van der Waals surface area contributed by atoms with Crippen LogP contribution in [0, 0.1) is 39.4 Å². The number of esters is 2. The summed E-state index contributed by atoms with van der Waals surface area (Å²) < 4.78 is 11.0. The van der Waals surface area contributed by atoms with Crippen molar-refractivity contribution in [3.63, 3.8) is 0 Å². The Kier molecular flexibility index (Phi) is 4.96. The van der Waals surface area contributed by atoms with Crippen molar-refractivity contribution < 1.29 is 24.2 Å². The first-order chi connectivity index (χ1) is 15.0. The molecule has 0 radical (unpaired) electrons. The monoisotopic (exact) mass is 444 g/mol. The van der Waals surface area contributed by atoms with Crippen LogP contribution in [0.5, 0.6) is 0 Å². The van der Waals surface area contributed by atoms with Gasteiger partial charge in [0.25, 0.3) is 0 Å². The van der Waals surface area contributed by atoms with E-state index in [1.54, 1.807) is 0 Å². The molecule has 0 spiro atoms. The summed E-state index contributed by atoms with van der Waals surface area (Å²) in [4.78, 5) is 24.4. The van der Waals surface area contributed by atoms with Crippen molar-refractivity contribution in [1.82, 2.24) is 0 Å². The molecule has 1 heterocycles. The van der Waals surface area contributed by atoms with Gasteiger partial charge < -0.3 is 14.6 Å². The van der Waals surface area contributed by atoms with Gasteiger partial charge in [0, 0.05) is 23.3 Å². The number of ether oxygens (including phenoxy) is 2. The summed E-state index contributed by atoms with van der Waals surface area (Å²) in [6.45, 7) is 11.8. The summed E-state index contributed by atoms with van der Waals surface area (Å²) in [5.74, 6) is 0.774. The summed E-state index contributed by atoms with van der Waals surface area (Å²) >= 11 is 0. The van der Waals surface area contributed by atoms with E-state index in [1.165, 1.54) is 13.3 Å². The van der Waals surface area contributed by atoms with Gasteiger partial charge in [0.2, 0.25) is 0 Å². The molecule has 3 fully saturated rings. The Morgan fingerprint density at radius 3 is 2.50 bits per heavy atom. The maximum atomic E-state index is 12.7. The van der Waals surface area contributed by atoms with Crippen LogP contribution in [-0.2, 0) is 19.1 Å². The van der Waals surface area contributed by atoms with E-state index >= 15 is 0 Å². The summed E-state index contributed by atoms with van der Waals surface area (Å²) in [6, 6.07) is 0. The quantitative estimate of drug-likeness (QED) is 0.619. The zero-order valence-electron chi connectivity index (χ0n) is 20.5. The lowest BCUT2D eigenvalue weighted by atomic mass is 9.35. The van der Waals surface area contributed by atoms with Gasteiger partial charge in [-0.05, 0) is 79.1 Å². The van der Waals surface area contributed by atoms with Crippen LogP contribution in [0.3, 0.4) is 0 Å². The highest BCUT2D eigenvalue weighted by atomic mass is 16.5. The van der Waals surface area contributed by atoms with E-state index in [-0.39, 0.29) is 34.1 Å². The molecule has 5 rings (SSSR count). The molecule has 0 aromatic rings. The normalized spacial score (nSPS) is 50.0. The van der Waals surface area contributed by atoms with Crippen molar-refractivity contribution in [3.05, 3.63) is 11.1 Å². The Bertz CT molecular complexity index is 877. The lowest BCUT2D eigenvalue weighted by Gasteiger charge is -2.70. The first-order valence-corrected chi connectivity index (χ1v) is 12.7. The Hall–Kier alpha value is -1.36. The van der Waals surface area contributed by atoms with Crippen molar-refractivity contribution >= 4 is 11.9 Å². The smallest absolute Gasteiger partial charge is 0.335 e. The molecular weight excluding hydrogens is 404 g/mol. The average molecular weight is 445 g/mol. The first-order valence-electron chi connectivity index (χ1n) is 12.7. The molecule has 32 heavy (non-hydrogen) atoms. The van der Waals surface area contributed by atoms with Crippen molar-refractivity contribution in [3.8, 4) is 0 Å². The molecule has 178 valence electrons. The van der Waals surface area contributed by atoms with Crippen LogP contribution in [0.25, 0.3) is 0 Å². The molecular formula is C27H40O5. The van der Waals surface area contributed by atoms with Gasteiger partial charge in [-0.25, -0.2) is 4.79 Å². The SMILES string of the molecule is CC(=O)OC[C@]1(C)CCC[C@@]2(C)C1CC[C@]1(C)C2C[C@@H](O)[C@]2(C)C3=C(CCC12)COC3=O. The van der Waals surface area contributed by atoms with Crippen molar-refractivity contribution in [2.75, 3.05) is 13.2 Å². The second kappa shape index (κ2) is 7.07. The second-order valence-corrected chi connectivity index (χ2v) is 12.6. The van der Waals surface area contributed by atoms with Crippen LogP contribution in [0.2, 0.25) is 0 Å². The third kappa shape index (κ3) is 2.78. The predicted octanol–water partition coefficient (Wildman–Crippen LogP) is 4.81. The van der Waals surface area contributed by atoms with Crippen LogP contribution < -0.4 is 0 Å². The molecule has 0 amide bonds. The zero-order chi connectivity index (χ0) is 23.1. The predicted molar refractivity (Wildman–Crippen MR) is 120 cm³/mol. The maximum absolute atomic E-state index is 12.7. The topological polar surface area (TPSA) is 72.8 Å². The molecule has 0 saturated heterocycles. The van der Waals surface area contributed by atoms with E-state index < -0.39 is 11.5 Å². The minimum Gasteiger partial charge on any atom is -0.465 e. The Balaban J connectivity index is 1.53. The third-order valence-electron chi connectivity index (χ3n) is 11.1. The van der Waals surface area contributed by atoms with Gasteiger partial charge in [0.15, 0.2) is 0 Å². The molecule has 1 aliphatic heterocycles. The van der Waals surface area contributed by atoms with Crippen molar-refractivity contribution in [2.24, 2.45) is 39.4 Å². The Labute approximate surface area is 192 Å². The van der Waals surface area contributed by atoms with Crippen LogP contribution in [0.1, 0.15) is 86.0 Å². The molecule has 3 unspecified atom stereocenters. The summed E-state index contributed by atoms with van der Waals surface area (Å²) in [5.41, 5.74) is 1.60. The lowest BCUT2D eigenvalue weighted by molar-refractivity contribution is -0.224. The average Bonchev–Trinajstić information content (AvgIpc) is 3.10. The summed E-state index contributed by atoms with van der Waals surface area (Å²) in [5, 5.41) is 11.7. The minimum atomic E-state index is -0.529. The van der Waals surface area contributed by atoms with Gasteiger partial charge in [0.1, 0.15) is 6.61 Å². The molecule has 0 aromatic carbocycles. The fourth-order valence-corrected chi connectivity index (χ4v) is 9.80. The molecule has 0 aromatic heterocycles. The van der Waals surface area contributed by atoms with E-state index in [4.69, 9.17) is 9.47 Å². The maximum Gasteiger partial charge on any atom is 0.335 e. The van der Waals surface area contributed by atoms with E-state index in [9.17, 15) is 14.7 Å². The largest absolute Gasteiger partial charge is 0.465 e. The van der Waals surface area contributed by atoms with Gasteiger partial charge in [-0.3, -0.25) is 4.79 Å². The fraction of sp³-hybridized carbons (Fsp3) is 0.852. The molecule has 0 bridgehead atoms. The first kappa shape index (κ1) is 22.4. The van der Waals surface area contributed by atoms with Crippen molar-refractivity contribution in [1.29, 1.82) is 0 Å². The highest BCUT2D eigenvalue weighted by molar-refractivity contribution is 5.93. The molecule has 5 aliphatic rings. The number of carbonyl (C=O) groups is 2. The standard InChI is InChI=1S/C27H40O5/c1-16(28)32-15-24(2)10-6-11-25(3)18(24)9-12-26(4)19-8-7-17-14-31-23(30)22(17)27(19,5)21(29)13-20(25)26/h18-21,29H,6-15H2,1-5H3/t18?,19?,20?,21-,24+,25+,26+,27-/m1/s1. The number of aliphatic hydroxyl groups is 1. The van der Waals surface area contributed by atoms with Crippen LogP contribution in [0.4, 0.5) is 0 Å². The van der Waals surface area contributed by atoms with Gasteiger partial charge >= 0.3 is 11.9 Å². The van der Waals surface area contributed by atoms with Gasteiger partial charge in [-0.2, -0.15) is 0 Å². The number of rotatable bonds is 2. The molecule has 5 heteroatoms. The number of fused-ring (bicyclic) bond motifs is 6. The molecule has 5 nitrogen and oxygen atoms in total. The van der Waals surface area contributed by atoms with E-state index in [0.717, 1.165) is 56.1 Å². The Morgan fingerprint density at radius 2 is 1.78 bits per heavy atom. The fourth-order valence-electron chi connectivity index (χ4n) is 9.80. The summed E-state index contributed by atoms with van der Waals surface area (Å²) in [6.07, 6.45) is 7.79. The number of hydrogen-bond acceptors (Lipinski definition) is 5. The van der Waals surface area contributed by atoms with Gasteiger partial charge in [-0.15, -0.1) is 0 Å². The summed E-state index contributed by atoms with van der Waals surface area (Å²) in [7, 11) is 0. The molecule has 4 aliphatic carbocycles. The number of cyclic esters (lactones) is 1.